The number of ether oxygens (including phenoxy) is 1. The average Bonchev–Trinajstić information content (AvgIpc) is 2.96. The van der Waals surface area contributed by atoms with Crippen molar-refractivity contribution in [3.63, 3.8) is 0 Å². The van der Waals surface area contributed by atoms with E-state index in [-0.39, 0.29) is 45.6 Å². The molecule has 5 rings (SSSR count). The van der Waals surface area contributed by atoms with Crippen molar-refractivity contribution in [3.05, 3.63) is 23.8 Å². The molecule has 1 unspecified atom stereocenters. The third kappa shape index (κ3) is 2.99. The predicted molar refractivity (Wildman–Crippen MR) is 133 cm³/mol. The Labute approximate surface area is 205 Å². The lowest BCUT2D eigenvalue weighted by Crippen LogP contribution is -2.57. The maximum absolute atomic E-state index is 13.2. The summed E-state index contributed by atoms with van der Waals surface area (Å²) in [7, 11) is 0. The zero-order valence-electron chi connectivity index (χ0n) is 22.1. The number of aliphatic hydroxyl groups excluding tert-OH is 1. The fourth-order valence-corrected chi connectivity index (χ4v) is 9.74. The summed E-state index contributed by atoms with van der Waals surface area (Å²) in [5.41, 5.74) is 1.98. The number of hydrogen-bond donors (Lipinski definition) is 1. The topological polar surface area (TPSA) is 63.6 Å². The number of esters is 1. The largest absolute Gasteiger partial charge is 0.458 e. The second-order valence-electron chi connectivity index (χ2n) is 13.7. The van der Waals surface area contributed by atoms with Crippen LogP contribution >= 0.6 is 0 Å². The van der Waals surface area contributed by atoms with E-state index in [4.69, 9.17) is 4.74 Å². The van der Waals surface area contributed by atoms with Gasteiger partial charge in [0.05, 0.1) is 12.0 Å². The molecule has 0 aromatic heterocycles. The van der Waals surface area contributed by atoms with E-state index in [2.05, 4.69) is 47.3 Å². The molecule has 0 aromatic rings. The molecule has 188 valence electrons. The van der Waals surface area contributed by atoms with E-state index in [1.54, 1.807) is 0 Å². The first-order valence-electron chi connectivity index (χ1n) is 13.5. The minimum absolute atomic E-state index is 0.0761. The molecule has 5 aliphatic rings. The molecule has 0 spiro atoms. The third-order valence-electron chi connectivity index (χ3n) is 11.9. The van der Waals surface area contributed by atoms with Gasteiger partial charge in [0.25, 0.3) is 0 Å². The first kappa shape index (κ1) is 24.3. The van der Waals surface area contributed by atoms with Crippen molar-refractivity contribution in [2.24, 2.45) is 45.3 Å². The van der Waals surface area contributed by atoms with Crippen LogP contribution in [0.1, 0.15) is 92.9 Å². The van der Waals surface area contributed by atoms with Crippen molar-refractivity contribution in [1.82, 2.24) is 0 Å². The molecule has 0 bridgehead atoms. The van der Waals surface area contributed by atoms with Gasteiger partial charge in [0, 0.05) is 17.8 Å². The van der Waals surface area contributed by atoms with E-state index in [1.165, 1.54) is 5.57 Å². The lowest BCUT2D eigenvalue weighted by Gasteiger charge is -2.63. The van der Waals surface area contributed by atoms with Crippen molar-refractivity contribution in [2.75, 3.05) is 0 Å². The number of ketones is 1. The maximum atomic E-state index is 13.2. The molecule has 4 heteroatoms. The number of carbonyl (C=O) groups is 2. The van der Waals surface area contributed by atoms with E-state index in [0.717, 1.165) is 44.1 Å². The van der Waals surface area contributed by atoms with Crippen LogP contribution in [0.3, 0.4) is 0 Å². The quantitative estimate of drug-likeness (QED) is 0.397. The van der Waals surface area contributed by atoms with Gasteiger partial charge in [-0.15, -0.1) is 0 Å². The van der Waals surface area contributed by atoms with Gasteiger partial charge in [0.15, 0.2) is 0 Å². The number of fused-ring (bicyclic) bond motifs is 5. The molecule has 0 radical (unpaired) electrons. The first-order chi connectivity index (χ1) is 15.8. The highest BCUT2D eigenvalue weighted by Crippen LogP contribution is 2.73. The number of cyclic esters (lactones) is 1. The number of allylic oxidation sites excluding steroid dienone is 2. The van der Waals surface area contributed by atoms with Crippen LogP contribution in [0.15, 0.2) is 23.8 Å². The molecule has 4 aliphatic carbocycles. The summed E-state index contributed by atoms with van der Waals surface area (Å²) in [6, 6.07) is 0. The van der Waals surface area contributed by atoms with Crippen LogP contribution in [-0.2, 0) is 14.3 Å². The molecule has 4 nitrogen and oxygen atoms in total. The van der Waals surface area contributed by atoms with Gasteiger partial charge < -0.3 is 9.84 Å². The minimum atomic E-state index is -0.497. The van der Waals surface area contributed by atoms with Gasteiger partial charge in [0.2, 0.25) is 0 Å². The average molecular weight is 469 g/mol. The van der Waals surface area contributed by atoms with Gasteiger partial charge in [-0.25, -0.2) is 0 Å². The van der Waals surface area contributed by atoms with Crippen LogP contribution in [0, 0.1) is 45.3 Å². The van der Waals surface area contributed by atoms with Gasteiger partial charge in [-0.05, 0) is 85.5 Å². The fourth-order valence-electron chi connectivity index (χ4n) is 9.74. The van der Waals surface area contributed by atoms with Crippen molar-refractivity contribution in [3.8, 4) is 0 Å². The fraction of sp³-hybridized carbons (Fsp3) is 0.800. The number of carbonyl (C=O) groups excluding carboxylic acids is 2. The van der Waals surface area contributed by atoms with Gasteiger partial charge in [-0.1, -0.05) is 52.8 Å². The van der Waals surface area contributed by atoms with Crippen molar-refractivity contribution in [2.45, 2.75) is 105 Å². The Morgan fingerprint density at radius 2 is 1.79 bits per heavy atom. The first-order valence-corrected chi connectivity index (χ1v) is 13.5. The monoisotopic (exact) mass is 468 g/mol. The lowest BCUT2D eigenvalue weighted by atomic mass is 9.41. The normalized spacial score (nSPS) is 49.9. The molecule has 1 N–H and O–H groups in total. The number of rotatable bonds is 2. The summed E-state index contributed by atoms with van der Waals surface area (Å²) in [5.74, 6) is 0.777. The molecule has 0 amide bonds. The summed E-state index contributed by atoms with van der Waals surface area (Å²) < 4.78 is 5.81. The Balaban J connectivity index is 1.50. The summed E-state index contributed by atoms with van der Waals surface area (Å²) in [5, 5.41) is 11.5. The third-order valence-corrected chi connectivity index (χ3v) is 11.9. The lowest BCUT2D eigenvalue weighted by molar-refractivity contribution is -0.167. The van der Waals surface area contributed by atoms with Crippen LogP contribution in [0.2, 0.25) is 0 Å². The molecule has 9 atom stereocenters. The highest BCUT2D eigenvalue weighted by atomic mass is 16.5. The molecule has 3 saturated carbocycles. The van der Waals surface area contributed by atoms with Crippen molar-refractivity contribution >= 4 is 11.8 Å². The van der Waals surface area contributed by atoms with Crippen LogP contribution in [0.5, 0.6) is 0 Å². The molecule has 34 heavy (non-hydrogen) atoms. The van der Waals surface area contributed by atoms with Crippen molar-refractivity contribution < 1.29 is 19.4 Å². The molecule has 1 aliphatic heterocycles. The minimum Gasteiger partial charge on any atom is -0.458 e. The number of Topliss-reactive ketones (excluding diaryl/α,β-unsaturated/α-hetero) is 1. The molecule has 1 heterocycles. The van der Waals surface area contributed by atoms with E-state index in [0.29, 0.717) is 30.5 Å². The SMILES string of the molecule is C=C(C)[C@@H]1CCC([C@@H]2[C@@H](O)C[C@]3(C)C4=CC[C@H]5C(C)(C)C(=O)CC[C@]5(C)[C@H]4CC[C@@]23C)C(=O)O1. The number of hydrogen-bond acceptors (Lipinski definition) is 4. The summed E-state index contributed by atoms with van der Waals surface area (Å²) in [6.07, 6.45) is 8.74. The molecular formula is C30H44O4. The Morgan fingerprint density at radius 1 is 1.09 bits per heavy atom. The Morgan fingerprint density at radius 3 is 2.44 bits per heavy atom. The van der Waals surface area contributed by atoms with Gasteiger partial charge in [-0.3, -0.25) is 9.59 Å². The van der Waals surface area contributed by atoms with E-state index in [1.807, 2.05) is 6.92 Å². The molecule has 4 fully saturated rings. The van der Waals surface area contributed by atoms with Gasteiger partial charge >= 0.3 is 5.97 Å². The molecular weight excluding hydrogens is 424 g/mol. The van der Waals surface area contributed by atoms with Crippen LogP contribution in [0.4, 0.5) is 0 Å². The standard InChI is InChI=1S/C30H44O4/c1-17(2)22-10-8-18(26(33)34-22)25-21(31)16-30(7)20-9-11-23-27(3,4)24(32)13-14-28(23,5)19(20)12-15-29(25,30)6/h9,18-19,21-23,25,31H,1,8,10-16H2,2-7H3/t18?,19-,21-,22-,23-,25+,28+,29-,30+/m0/s1. The zero-order valence-corrected chi connectivity index (χ0v) is 22.1. The number of aliphatic hydroxyl groups is 1. The van der Waals surface area contributed by atoms with Crippen LogP contribution < -0.4 is 0 Å². The maximum Gasteiger partial charge on any atom is 0.309 e. The summed E-state index contributed by atoms with van der Waals surface area (Å²) in [4.78, 5) is 26.0. The highest BCUT2D eigenvalue weighted by Gasteiger charge is 2.68. The van der Waals surface area contributed by atoms with Crippen LogP contribution in [0.25, 0.3) is 0 Å². The van der Waals surface area contributed by atoms with Gasteiger partial charge in [0.1, 0.15) is 11.9 Å². The Bertz CT molecular complexity index is 961. The predicted octanol–water partition coefficient (Wildman–Crippen LogP) is 6.03. The second-order valence-corrected chi connectivity index (χ2v) is 13.7. The molecule has 1 saturated heterocycles. The Hall–Kier alpha value is -1.42. The zero-order chi connectivity index (χ0) is 24.8. The summed E-state index contributed by atoms with van der Waals surface area (Å²) >= 11 is 0. The second kappa shape index (κ2) is 7.54. The smallest absolute Gasteiger partial charge is 0.309 e. The molecule has 0 aromatic carbocycles. The van der Waals surface area contributed by atoms with Gasteiger partial charge in [-0.2, -0.15) is 0 Å². The summed E-state index contributed by atoms with van der Waals surface area (Å²) in [6.45, 7) is 17.4. The van der Waals surface area contributed by atoms with E-state index < -0.39 is 6.10 Å². The van der Waals surface area contributed by atoms with Crippen molar-refractivity contribution in [1.29, 1.82) is 0 Å². The van der Waals surface area contributed by atoms with E-state index in [9.17, 15) is 14.7 Å². The Kier molecular flexibility index (Phi) is 5.39. The van der Waals surface area contributed by atoms with Crippen LogP contribution in [-0.4, -0.2) is 29.1 Å². The van der Waals surface area contributed by atoms with E-state index >= 15 is 0 Å². The highest BCUT2D eigenvalue weighted by molar-refractivity contribution is 5.85.